The van der Waals surface area contributed by atoms with E-state index >= 15 is 0 Å². The van der Waals surface area contributed by atoms with Crippen LogP contribution in [-0.2, 0) is 16.0 Å². The molecule has 2 atom stereocenters. The van der Waals surface area contributed by atoms with Crippen LogP contribution in [0.2, 0.25) is 0 Å². The van der Waals surface area contributed by atoms with E-state index in [-0.39, 0.29) is 17.9 Å². The third-order valence-corrected chi connectivity index (χ3v) is 7.02. The Kier molecular flexibility index (Phi) is 8.56. The van der Waals surface area contributed by atoms with Gasteiger partial charge in [-0.1, -0.05) is 19.9 Å². The molecule has 0 bridgehead atoms. The lowest BCUT2D eigenvalue weighted by Gasteiger charge is -2.37. The normalized spacial score (nSPS) is 17.1. The van der Waals surface area contributed by atoms with Gasteiger partial charge in [-0.25, -0.2) is 4.98 Å². The van der Waals surface area contributed by atoms with Gasteiger partial charge in [-0.3, -0.25) is 9.78 Å². The molecule has 9 nitrogen and oxygen atoms in total. The molecule has 0 radical (unpaired) electrons. The highest BCUT2D eigenvalue weighted by Crippen LogP contribution is 2.30. The van der Waals surface area contributed by atoms with E-state index in [4.69, 9.17) is 15.5 Å². The number of rotatable bonds is 10. The van der Waals surface area contributed by atoms with E-state index in [2.05, 4.69) is 48.4 Å². The summed E-state index contributed by atoms with van der Waals surface area (Å²) in [6, 6.07) is 5.75. The molecule has 0 amide bonds. The number of anilines is 2. The number of nitrogens with one attached hydrogen (secondary N) is 1. The van der Waals surface area contributed by atoms with Gasteiger partial charge < -0.3 is 20.7 Å². The highest BCUT2D eigenvalue weighted by molar-refractivity contribution is 9.10. The van der Waals surface area contributed by atoms with E-state index in [0.717, 1.165) is 66.9 Å². The van der Waals surface area contributed by atoms with Crippen molar-refractivity contribution in [2.45, 2.75) is 58.0 Å². The Balaban J connectivity index is 1.48. The SMILES string of the molecule is CC(C)[C@H](N)C(=O)OCC[C@@H]1CCCCN1c1cc(NCCc2cccnc2)n2ncc(Br)c2n1. The summed E-state index contributed by atoms with van der Waals surface area (Å²) < 4.78 is 8.17. The van der Waals surface area contributed by atoms with Gasteiger partial charge in [0, 0.05) is 44.0 Å². The van der Waals surface area contributed by atoms with Crippen LogP contribution in [0.5, 0.6) is 0 Å². The fourth-order valence-corrected chi connectivity index (χ4v) is 4.69. The van der Waals surface area contributed by atoms with Crippen molar-refractivity contribution in [2.24, 2.45) is 11.7 Å². The van der Waals surface area contributed by atoms with Gasteiger partial charge in [-0.05, 0) is 59.2 Å². The van der Waals surface area contributed by atoms with E-state index in [1.165, 1.54) is 5.56 Å². The van der Waals surface area contributed by atoms with Crippen LogP contribution in [-0.4, -0.2) is 57.3 Å². The monoisotopic (exact) mass is 543 g/mol. The quantitative estimate of drug-likeness (QED) is 0.371. The van der Waals surface area contributed by atoms with Gasteiger partial charge in [0.15, 0.2) is 5.65 Å². The lowest BCUT2D eigenvalue weighted by Crippen LogP contribution is -2.42. The number of fused-ring (bicyclic) bond motifs is 1. The third-order valence-electron chi connectivity index (χ3n) is 6.47. The first-order chi connectivity index (χ1) is 16.9. The van der Waals surface area contributed by atoms with Crippen LogP contribution >= 0.6 is 15.9 Å². The number of hydrogen-bond donors (Lipinski definition) is 2. The van der Waals surface area contributed by atoms with E-state index in [0.29, 0.717) is 6.61 Å². The van der Waals surface area contributed by atoms with E-state index in [1.54, 1.807) is 12.4 Å². The van der Waals surface area contributed by atoms with Crippen molar-refractivity contribution in [1.82, 2.24) is 19.6 Å². The van der Waals surface area contributed by atoms with Crippen molar-refractivity contribution in [3.8, 4) is 0 Å². The Morgan fingerprint density at radius 1 is 1.34 bits per heavy atom. The summed E-state index contributed by atoms with van der Waals surface area (Å²) in [6.45, 7) is 5.86. The Morgan fingerprint density at radius 3 is 2.97 bits per heavy atom. The Morgan fingerprint density at radius 2 is 2.20 bits per heavy atom. The highest BCUT2D eigenvalue weighted by atomic mass is 79.9. The molecule has 35 heavy (non-hydrogen) atoms. The van der Waals surface area contributed by atoms with Crippen LogP contribution in [0.25, 0.3) is 5.65 Å². The largest absolute Gasteiger partial charge is 0.464 e. The lowest BCUT2D eigenvalue weighted by atomic mass is 9.99. The molecule has 0 unspecified atom stereocenters. The van der Waals surface area contributed by atoms with Crippen molar-refractivity contribution < 1.29 is 9.53 Å². The van der Waals surface area contributed by atoms with Gasteiger partial charge in [0.1, 0.15) is 17.7 Å². The highest BCUT2D eigenvalue weighted by Gasteiger charge is 2.26. The topological polar surface area (TPSA) is 111 Å². The molecule has 10 heteroatoms. The summed E-state index contributed by atoms with van der Waals surface area (Å²) in [6.07, 6.45) is 10.3. The number of esters is 1. The van der Waals surface area contributed by atoms with Gasteiger partial charge >= 0.3 is 5.97 Å². The number of aromatic nitrogens is 4. The molecule has 0 aliphatic carbocycles. The van der Waals surface area contributed by atoms with Crippen LogP contribution < -0.4 is 16.0 Å². The van der Waals surface area contributed by atoms with Gasteiger partial charge in [-0.15, -0.1) is 0 Å². The molecule has 3 N–H and O–H groups in total. The molecule has 4 heterocycles. The first-order valence-corrected chi connectivity index (χ1v) is 13.1. The van der Waals surface area contributed by atoms with Crippen molar-refractivity contribution in [3.05, 3.63) is 46.8 Å². The van der Waals surface area contributed by atoms with Crippen LogP contribution in [0.3, 0.4) is 0 Å². The standard InChI is InChI=1S/C25H34BrN7O2/c1-17(2)23(27)25(34)35-13-9-19-7-3-4-12-32(19)22-14-21(33-24(31-22)20(26)16-30-33)29-11-8-18-6-5-10-28-15-18/h5-6,10,14-17,19,23,29H,3-4,7-9,11-13,27H2,1-2H3/t19-,23-/m0/s1. The third kappa shape index (κ3) is 6.29. The molecule has 1 aliphatic heterocycles. The zero-order valence-corrected chi connectivity index (χ0v) is 21.9. The van der Waals surface area contributed by atoms with Crippen LogP contribution in [0.4, 0.5) is 11.6 Å². The predicted molar refractivity (Wildman–Crippen MR) is 140 cm³/mol. The maximum Gasteiger partial charge on any atom is 0.323 e. The molecule has 188 valence electrons. The van der Waals surface area contributed by atoms with Gasteiger partial charge in [0.2, 0.25) is 0 Å². The molecular formula is C25H34BrN7O2. The van der Waals surface area contributed by atoms with Crippen molar-refractivity contribution >= 4 is 39.2 Å². The van der Waals surface area contributed by atoms with Crippen LogP contribution in [0, 0.1) is 5.92 Å². The average molecular weight is 544 g/mol. The summed E-state index contributed by atoms with van der Waals surface area (Å²) in [5.74, 6) is 1.52. The summed E-state index contributed by atoms with van der Waals surface area (Å²) in [5.41, 5.74) is 7.87. The first-order valence-electron chi connectivity index (χ1n) is 12.3. The molecule has 4 rings (SSSR count). The smallest absolute Gasteiger partial charge is 0.323 e. The second-order valence-corrected chi connectivity index (χ2v) is 10.2. The first kappa shape index (κ1) is 25.4. The summed E-state index contributed by atoms with van der Waals surface area (Å²) in [4.78, 5) is 23.6. The molecule has 1 aliphatic rings. The number of ether oxygens (including phenoxy) is 1. The minimum Gasteiger partial charge on any atom is -0.464 e. The Hall–Kier alpha value is -2.72. The number of nitrogens with zero attached hydrogens (tertiary/aromatic N) is 5. The van der Waals surface area contributed by atoms with Crippen molar-refractivity contribution in [1.29, 1.82) is 0 Å². The van der Waals surface area contributed by atoms with E-state index < -0.39 is 6.04 Å². The molecule has 3 aromatic heterocycles. The number of pyridine rings is 1. The minimum atomic E-state index is -0.582. The molecule has 1 fully saturated rings. The zero-order chi connectivity index (χ0) is 24.8. The van der Waals surface area contributed by atoms with Crippen LogP contribution in [0.1, 0.15) is 45.1 Å². The van der Waals surface area contributed by atoms with E-state index in [9.17, 15) is 4.79 Å². The number of carbonyl (C=O) groups is 1. The van der Waals surface area contributed by atoms with Crippen molar-refractivity contribution in [3.63, 3.8) is 0 Å². The van der Waals surface area contributed by atoms with E-state index in [1.807, 2.05) is 30.6 Å². The number of halogens is 1. The van der Waals surface area contributed by atoms with Crippen molar-refractivity contribution in [2.75, 3.05) is 29.9 Å². The molecule has 0 saturated carbocycles. The molecule has 1 saturated heterocycles. The zero-order valence-electron chi connectivity index (χ0n) is 20.4. The minimum absolute atomic E-state index is 0.0581. The predicted octanol–water partition coefficient (Wildman–Crippen LogP) is 3.82. The Bertz CT molecular complexity index is 1120. The fourth-order valence-electron chi connectivity index (χ4n) is 4.34. The summed E-state index contributed by atoms with van der Waals surface area (Å²) >= 11 is 3.59. The molecular weight excluding hydrogens is 510 g/mol. The second kappa shape index (κ2) is 11.8. The lowest BCUT2D eigenvalue weighted by molar-refractivity contribution is -0.146. The molecule has 0 aromatic carbocycles. The average Bonchev–Trinajstić information content (AvgIpc) is 3.25. The number of nitrogens with two attached hydrogens (primary N) is 1. The number of piperidine rings is 1. The van der Waals surface area contributed by atoms with Gasteiger partial charge in [0.05, 0.1) is 17.3 Å². The molecule has 3 aromatic rings. The maximum absolute atomic E-state index is 12.2. The number of carbonyl (C=O) groups excluding carboxylic acids is 1. The Labute approximate surface area is 214 Å². The summed E-state index contributed by atoms with van der Waals surface area (Å²) in [5, 5.41) is 8.02. The fraction of sp³-hybridized carbons (Fsp3) is 0.520. The van der Waals surface area contributed by atoms with Gasteiger partial charge in [0.25, 0.3) is 0 Å². The summed E-state index contributed by atoms with van der Waals surface area (Å²) in [7, 11) is 0. The maximum atomic E-state index is 12.2. The molecule has 0 spiro atoms. The van der Waals surface area contributed by atoms with Gasteiger partial charge in [-0.2, -0.15) is 9.61 Å². The van der Waals surface area contributed by atoms with Crippen LogP contribution in [0.15, 0.2) is 41.3 Å². The number of hydrogen-bond acceptors (Lipinski definition) is 8. The second-order valence-electron chi connectivity index (χ2n) is 9.33.